The van der Waals surface area contributed by atoms with Crippen LogP contribution in [-0.4, -0.2) is 26.4 Å². The summed E-state index contributed by atoms with van der Waals surface area (Å²) in [5.74, 6) is 1.09. The summed E-state index contributed by atoms with van der Waals surface area (Å²) in [6, 6.07) is 7.88. The van der Waals surface area contributed by atoms with Crippen LogP contribution in [0.15, 0.2) is 46.5 Å². The molecule has 0 saturated carbocycles. The van der Waals surface area contributed by atoms with Crippen LogP contribution in [-0.2, 0) is 11.3 Å². The molecular formula is C16H19BrN4OS. The smallest absolute Gasteiger partial charge is 0.230 e. The second kappa shape index (κ2) is 8.31. The maximum absolute atomic E-state index is 12.1. The predicted molar refractivity (Wildman–Crippen MR) is 96.4 cm³/mol. The number of thioether (sulfide) groups is 1. The molecule has 0 fully saturated rings. The molecule has 23 heavy (non-hydrogen) atoms. The number of halogens is 1. The molecule has 1 aromatic heterocycles. The van der Waals surface area contributed by atoms with E-state index in [0.29, 0.717) is 12.3 Å². The van der Waals surface area contributed by atoms with Gasteiger partial charge in [0.05, 0.1) is 11.8 Å². The van der Waals surface area contributed by atoms with Crippen LogP contribution < -0.4 is 5.32 Å². The Hall–Kier alpha value is -1.60. The number of nitrogens with zero attached hydrogens (tertiary/aromatic N) is 3. The van der Waals surface area contributed by atoms with Crippen molar-refractivity contribution < 1.29 is 4.79 Å². The van der Waals surface area contributed by atoms with Gasteiger partial charge in [0, 0.05) is 11.0 Å². The number of benzene rings is 1. The first-order chi connectivity index (χ1) is 11.0. The van der Waals surface area contributed by atoms with Gasteiger partial charge < -0.3 is 9.88 Å². The summed E-state index contributed by atoms with van der Waals surface area (Å²) in [5, 5.41) is 11.9. The summed E-state index contributed by atoms with van der Waals surface area (Å²) in [4.78, 5) is 12.1. The molecule has 122 valence electrons. The Bertz CT molecular complexity index is 684. The maximum atomic E-state index is 12.1. The van der Waals surface area contributed by atoms with Gasteiger partial charge in [0.25, 0.3) is 0 Å². The van der Waals surface area contributed by atoms with Crippen LogP contribution in [0.3, 0.4) is 0 Å². The monoisotopic (exact) mass is 394 g/mol. The minimum Gasteiger partial charge on any atom is -0.349 e. The van der Waals surface area contributed by atoms with E-state index >= 15 is 0 Å². The van der Waals surface area contributed by atoms with Crippen molar-refractivity contribution in [2.24, 2.45) is 0 Å². The number of carbonyl (C=O) groups excluding carboxylic acids is 1. The van der Waals surface area contributed by atoms with Crippen molar-refractivity contribution in [1.82, 2.24) is 20.1 Å². The zero-order valence-corrected chi connectivity index (χ0v) is 15.5. The van der Waals surface area contributed by atoms with E-state index in [4.69, 9.17) is 0 Å². The molecule has 0 aliphatic rings. The second-order valence-corrected chi connectivity index (χ2v) is 6.92. The highest BCUT2D eigenvalue weighted by atomic mass is 79.9. The van der Waals surface area contributed by atoms with Crippen molar-refractivity contribution in [1.29, 1.82) is 0 Å². The fourth-order valence-electron chi connectivity index (χ4n) is 2.06. The van der Waals surface area contributed by atoms with E-state index in [2.05, 4.69) is 38.0 Å². The quantitative estimate of drug-likeness (QED) is 0.576. The molecule has 1 amide bonds. The lowest BCUT2D eigenvalue weighted by Crippen LogP contribution is -2.28. The van der Waals surface area contributed by atoms with E-state index in [0.717, 1.165) is 21.0 Å². The number of amides is 1. The van der Waals surface area contributed by atoms with Crippen LogP contribution in [0.5, 0.6) is 0 Å². The summed E-state index contributed by atoms with van der Waals surface area (Å²) < 4.78 is 2.95. The van der Waals surface area contributed by atoms with E-state index in [1.807, 2.05) is 42.7 Å². The molecule has 1 aromatic carbocycles. The standard InChI is InChI=1S/C16H19BrN4OS/c1-4-9-21-12(3)19-20-16(21)23-10-15(22)18-11(2)13-5-7-14(17)8-6-13/h4-8,11H,1,9-10H2,2-3H3,(H,18,22). The third-order valence-electron chi connectivity index (χ3n) is 3.29. The fourth-order valence-corrected chi connectivity index (χ4v) is 3.12. The number of carbonyl (C=O) groups is 1. The molecular weight excluding hydrogens is 376 g/mol. The molecule has 0 spiro atoms. The minimum atomic E-state index is -0.0380. The van der Waals surface area contributed by atoms with Crippen LogP contribution in [0.25, 0.3) is 0 Å². The molecule has 0 radical (unpaired) electrons. The number of rotatable bonds is 7. The lowest BCUT2D eigenvalue weighted by Gasteiger charge is -2.14. The first-order valence-corrected chi connectivity index (χ1v) is 8.97. The Labute approximate surface area is 148 Å². The Balaban J connectivity index is 1.90. The molecule has 1 unspecified atom stereocenters. The van der Waals surface area contributed by atoms with Crippen molar-refractivity contribution >= 4 is 33.6 Å². The molecule has 2 rings (SSSR count). The van der Waals surface area contributed by atoms with Crippen LogP contribution in [0.2, 0.25) is 0 Å². The minimum absolute atomic E-state index is 0.0313. The number of hydrogen-bond donors (Lipinski definition) is 1. The zero-order valence-electron chi connectivity index (χ0n) is 13.1. The number of nitrogens with one attached hydrogen (secondary N) is 1. The Morgan fingerprint density at radius 3 is 2.78 bits per heavy atom. The third kappa shape index (κ3) is 4.94. The van der Waals surface area contributed by atoms with Crippen molar-refractivity contribution in [3.63, 3.8) is 0 Å². The number of allylic oxidation sites excluding steroid dienone is 1. The third-order valence-corrected chi connectivity index (χ3v) is 4.79. The lowest BCUT2D eigenvalue weighted by molar-refractivity contribution is -0.119. The van der Waals surface area contributed by atoms with E-state index in [1.54, 1.807) is 6.08 Å². The number of hydrogen-bond acceptors (Lipinski definition) is 4. The van der Waals surface area contributed by atoms with Crippen LogP contribution >= 0.6 is 27.7 Å². The van der Waals surface area contributed by atoms with E-state index < -0.39 is 0 Å². The van der Waals surface area contributed by atoms with Crippen molar-refractivity contribution in [3.05, 3.63) is 52.8 Å². The molecule has 5 nitrogen and oxygen atoms in total. The summed E-state index contributed by atoms with van der Waals surface area (Å²) >= 11 is 4.78. The topological polar surface area (TPSA) is 59.8 Å². The summed E-state index contributed by atoms with van der Waals surface area (Å²) in [7, 11) is 0. The SMILES string of the molecule is C=CCn1c(C)nnc1SCC(=O)NC(C)c1ccc(Br)cc1. The zero-order chi connectivity index (χ0) is 16.8. The number of aromatic nitrogens is 3. The highest BCUT2D eigenvalue weighted by Crippen LogP contribution is 2.19. The Kier molecular flexibility index (Phi) is 6.41. The molecule has 0 aliphatic carbocycles. The van der Waals surface area contributed by atoms with Crippen LogP contribution in [0.1, 0.15) is 24.4 Å². The van der Waals surface area contributed by atoms with Gasteiger partial charge >= 0.3 is 0 Å². The highest BCUT2D eigenvalue weighted by molar-refractivity contribution is 9.10. The van der Waals surface area contributed by atoms with E-state index in [9.17, 15) is 4.79 Å². The van der Waals surface area contributed by atoms with Crippen molar-refractivity contribution in [2.75, 3.05) is 5.75 Å². The fraction of sp³-hybridized carbons (Fsp3) is 0.312. The van der Waals surface area contributed by atoms with Gasteiger partial charge in [0.15, 0.2) is 5.16 Å². The largest absolute Gasteiger partial charge is 0.349 e. The van der Waals surface area contributed by atoms with Crippen molar-refractivity contribution in [3.8, 4) is 0 Å². The van der Waals surface area contributed by atoms with Gasteiger partial charge in [-0.15, -0.1) is 16.8 Å². The van der Waals surface area contributed by atoms with Gasteiger partial charge in [-0.25, -0.2) is 0 Å². The predicted octanol–water partition coefficient (Wildman–Crippen LogP) is 3.50. The first-order valence-electron chi connectivity index (χ1n) is 7.19. The second-order valence-electron chi connectivity index (χ2n) is 5.06. The normalized spacial score (nSPS) is 12.0. The van der Waals surface area contributed by atoms with E-state index in [1.165, 1.54) is 11.8 Å². The van der Waals surface area contributed by atoms with Gasteiger partial charge in [-0.3, -0.25) is 4.79 Å². The molecule has 7 heteroatoms. The van der Waals surface area contributed by atoms with Crippen LogP contribution in [0.4, 0.5) is 0 Å². The van der Waals surface area contributed by atoms with Crippen molar-refractivity contribution in [2.45, 2.75) is 31.6 Å². The summed E-state index contributed by atoms with van der Waals surface area (Å²) in [5.41, 5.74) is 1.07. The first kappa shape index (κ1) is 17.7. The highest BCUT2D eigenvalue weighted by Gasteiger charge is 2.13. The van der Waals surface area contributed by atoms with Gasteiger partial charge in [0.2, 0.25) is 5.91 Å². The Morgan fingerprint density at radius 2 is 2.13 bits per heavy atom. The van der Waals surface area contributed by atoms with Gasteiger partial charge in [-0.05, 0) is 31.5 Å². The molecule has 1 heterocycles. The molecule has 2 aromatic rings. The molecule has 0 saturated heterocycles. The van der Waals surface area contributed by atoms with Crippen LogP contribution in [0, 0.1) is 6.92 Å². The molecule has 1 atom stereocenters. The lowest BCUT2D eigenvalue weighted by atomic mass is 10.1. The van der Waals surface area contributed by atoms with Gasteiger partial charge in [-0.1, -0.05) is 45.9 Å². The van der Waals surface area contributed by atoms with Gasteiger partial charge in [0.1, 0.15) is 5.82 Å². The maximum Gasteiger partial charge on any atom is 0.230 e. The summed E-state index contributed by atoms with van der Waals surface area (Å²) in [6.45, 7) is 8.21. The molecule has 0 bridgehead atoms. The summed E-state index contributed by atoms with van der Waals surface area (Å²) in [6.07, 6.45) is 1.79. The van der Waals surface area contributed by atoms with E-state index in [-0.39, 0.29) is 11.9 Å². The molecule has 1 N–H and O–H groups in total. The average molecular weight is 395 g/mol. The number of aryl methyl sites for hydroxylation is 1. The average Bonchev–Trinajstić information content (AvgIpc) is 2.87. The Morgan fingerprint density at radius 1 is 1.43 bits per heavy atom. The van der Waals surface area contributed by atoms with Gasteiger partial charge in [-0.2, -0.15) is 0 Å². The molecule has 0 aliphatic heterocycles.